The zero-order chi connectivity index (χ0) is 11.0. The van der Waals surface area contributed by atoms with E-state index in [2.05, 4.69) is 58.1 Å². The summed E-state index contributed by atoms with van der Waals surface area (Å²) in [5.41, 5.74) is 4.10. The SMILES string of the molecule is C\C=C/C=C(CC)/C(C)=C/C=C(C)C. The van der Waals surface area contributed by atoms with Gasteiger partial charge in [0.2, 0.25) is 0 Å². The highest BCUT2D eigenvalue weighted by Gasteiger charge is 1.93. The molecule has 0 nitrogen and oxygen atoms in total. The molecule has 0 amide bonds. The Labute approximate surface area is 88.7 Å². The van der Waals surface area contributed by atoms with Gasteiger partial charge in [-0.2, -0.15) is 0 Å². The van der Waals surface area contributed by atoms with Crippen LogP contribution in [0.1, 0.15) is 41.0 Å². The van der Waals surface area contributed by atoms with Crippen LogP contribution in [0, 0.1) is 0 Å². The van der Waals surface area contributed by atoms with Gasteiger partial charge in [0.15, 0.2) is 0 Å². The van der Waals surface area contributed by atoms with Gasteiger partial charge >= 0.3 is 0 Å². The highest BCUT2D eigenvalue weighted by atomic mass is 14.0. The van der Waals surface area contributed by atoms with Gasteiger partial charge in [-0.25, -0.2) is 0 Å². The molecule has 0 bridgehead atoms. The second-order valence-corrected chi connectivity index (χ2v) is 3.66. The standard InChI is InChI=1S/C14H22/c1-6-8-9-14(7-2)13(5)11-10-12(3)4/h6,8-11H,7H2,1-5H3/b8-6-,13-11+,14-9+. The molecule has 0 radical (unpaired) electrons. The van der Waals surface area contributed by atoms with Gasteiger partial charge in [-0.05, 0) is 45.3 Å². The van der Waals surface area contributed by atoms with E-state index >= 15 is 0 Å². The van der Waals surface area contributed by atoms with Gasteiger partial charge in [0.25, 0.3) is 0 Å². The van der Waals surface area contributed by atoms with E-state index in [0.29, 0.717) is 0 Å². The Bertz CT molecular complexity index is 268. The molecule has 0 saturated heterocycles. The molecule has 14 heavy (non-hydrogen) atoms. The van der Waals surface area contributed by atoms with Crippen molar-refractivity contribution in [3.63, 3.8) is 0 Å². The summed E-state index contributed by atoms with van der Waals surface area (Å²) in [4.78, 5) is 0. The molecule has 0 aliphatic rings. The van der Waals surface area contributed by atoms with Crippen molar-refractivity contribution in [3.05, 3.63) is 47.1 Å². The van der Waals surface area contributed by atoms with E-state index in [-0.39, 0.29) is 0 Å². The van der Waals surface area contributed by atoms with E-state index in [9.17, 15) is 0 Å². The molecule has 0 aromatic rings. The van der Waals surface area contributed by atoms with Crippen LogP contribution in [0.5, 0.6) is 0 Å². The van der Waals surface area contributed by atoms with Crippen LogP contribution in [0.25, 0.3) is 0 Å². The maximum atomic E-state index is 2.19. The van der Waals surface area contributed by atoms with Gasteiger partial charge in [0, 0.05) is 0 Å². The lowest BCUT2D eigenvalue weighted by atomic mass is 10.0. The Balaban J connectivity index is 4.70. The average molecular weight is 190 g/mol. The summed E-state index contributed by atoms with van der Waals surface area (Å²) in [7, 11) is 0. The molecule has 0 aromatic heterocycles. The molecule has 0 atom stereocenters. The summed E-state index contributed by atoms with van der Waals surface area (Å²) in [5.74, 6) is 0. The van der Waals surface area contributed by atoms with Gasteiger partial charge in [-0.3, -0.25) is 0 Å². The van der Waals surface area contributed by atoms with Crippen LogP contribution in [0.2, 0.25) is 0 Å². The minimum atomic E-state index is 1.09. The molecule has 0 heterocycles. The van der Waals surface area contributed by atoms with Crippen LogP contribution in [0.3, 0.4) is 0 Å². The Kier molecular flexibility index (Phi) is 6.82. The first-order valence-corrected chi connectivity index (χ1v) is 5.25. The van der Waals surface area contributed by atoms with Gasteiger partial charge in [-0.1, -0.05) is 42.9 Å². The maximum Gasteiger partial charge on any atom is -0.0305 e. The van der Waals surface area contributed by atoms with Crippen molar-refractivity contribution in [1.82, 2.24) is 0 Å². The molecule has 0 saturated carbocycles. The fourth-order valence-electron chi connectivity index (χ4n) is 1.14. The largest absolute Gasteiger partial charge is 0.0877 e. The summed E-state index contributed by atoms with van der Waals surface area (Å²) in [6, 6.07) is 0. The predicted molar refractivity (Wildman–Crippen MR) is 66.4 cm³/mol. The third-order valence-corrected chi connectivity index (χ3v) is 2.04. The maximum absolute atomic E-state index is 2.19. The van der Waals surface area contributed by atoms with Crippen LogP contribution in [-0.2, 0) is 0 Å². The number of hydrogen-bond donors (Lipinski definition) is 0. The normalized spacial score (nSPS) is 13.5. The second-order valence-electron chi connectivity index (χ2n) is 3.66. The van der Waals surface area contributed by atoms with Crippen LogP contribution in [-0.4, -0.2) is 0 Å². The molecule has 0 fully saturated rings. The van der Waals surface area contributed by atoms with Gasteiger partial charge in [0.1, 0.15) is 0 Å². The highest BCUT2D eigenvalue weighted by Crippen LogP contribution is 2.13. The topological polar surface area (TPSA) is 0 Å². The minimum absolute atomic E-state index is 1.09. The third kappa shape index (κ3) is 5.58. The van der Waals surface area contributed by atoms with Crippen molar-refractivity contribution in [3.8, 4) is 0 Å². The van der Waals surface area contributed by atoms with Crippen molar-refractivity contribution in [2.24, 2.45) is 0 Å². The van der Waals surface area contributed by atoms with Crippen LogP contribution < -0.4 is 0 Å². The minimum Gasteiger partial charge on any atom is -0.0877 e. The lowest BCUT2D eigenvalue weighted by Crippen LogP contribution is -1.82. The van der Waals surface area contributed by atoms with E-state index in [1.165, 1.54) is 16.7 Å². The van der Waals surface area contributed by atoms with Crippen molar-refractivity contribution in [2.45, 2.75) is 41.0 Å². The summed E-state index contributed by atoms with van der Waals surface area (Å²) >= 11 is 0. The molecule has 0 aromatic carbocycles. The Morgan fingerprint density at radius 3 is 2.07 bits per heavy atom. The first kappa shape index (κ1) is 13.0. The zero-order valence-corrected chi connectivity index (χ0v) is 10.1. The zero-order valence-electron chi connectivity index (χ0n) is 10.1. The van der Waals surface area contributed by atoms with E-state index in [4.69, 9.17) is 0 Å². The van der Waals surface area contributed by atoms with Crippen molar-refractivity contribution in [2.75, 3.05) is 0 Å². The quantitative estimate of drug-likeness (QED) is 0.558. The molecule has 0 aliphatic carbocycles. The Morgan fingerprint density at radius 1 is 1.00 bits per heavy atom. The number of allylic oxidation sites excluding steroid dienone is 8. The predicted octanol–water partition coefficient (Wildman–Crippen LogP) is 4.81. The number of hydrogen-bond acceptors (Lipinski definition) is 0. The molecule has 0 spiro atoms. The van der Waals surface area contributed by atoms with Crippen LogP contribution >= 0.6 is 0 Å². The van der Waals surface area contributed by atoms with Gasteiger partial charge in [0.05, 0.1) is 0 Å². The van der Waals surface area contributed by atoms with Crippen molar-refractivity contribution >= 4 is 0 Å². The summed E-state index contributed by atoms with van der Waals surface area (Å²) in [6.07, 6.45) is 11.8. The first-order valence-electron chi connectivity index (χ1n) is 5.25. The highest BCUT2D eigenvalue weighted by molar-refractivity contribution is 5.34. The first-order chi connectivity index (χ1) is 6.61. The molecule has 78 valence electrons. The van der Waals surface area contributed by atoms with Crippen molar-refractivity contribution < 1.29 is 0 Å². The fraction of sp³-hybridized carbons (Fsp3) is 0.429. The van der Waals surface area contributed by atoms with Gasteiger partial charge in [-0.15, -0.1) is 0 Å². The monoisotopic (exact) mass is 190 g/mol. The third-order valence-electron chi connectivity index (χ3n) is 2.04. The molecule has 0 unspecified atom stereocenters. The molecular formula is C14H22. The summed E-state index contributed by atoms with van der Waals surface area (Å²) in [5, 5.41) is 0. The molecule has 0 rings (SSSR count). The van der Waals surface area contributed by atoms with Crippen molar-refractivity contribution in [1.29, 1.82) is 0 Å². The average Bonchev–Trinajstić information content (AvgIpc) is 2.16. The van der Waals surface area contributed by atoms with E-state index < -0.39 is 0 Å². The molecule has 0 heteroatoms. The summed E-state index contributed by atoms with van der Waals surface area (Å²) < 4.78 is 0. The van der Waals surface area contributed by atoms with E-state index in [0.717, 1.165) is 6.42 Å². The summed E-state index contributed by atoms with van der Waals surface area (Å²) in [6.45, 7) is 10.6. The lowest BCUT2D eigenvalue weighted by molar-refractivity contribution is 1.10. The second kappa shape index (κ2) is 7.37. The molecular weight excluding hydrogens is 168 g/mol. The fourth-order valence-corrected chi connectivity index (χ4v) is 1.14. The van der Waals surface area contributed by atoms with Gasteiger partial charge < -0.3 is 0 Å². The molecule has 0 N–H and O–H groups in total. The van der Waals surface area contributed by atoms with Crippen LogP contribution in [0.15, 0.2) is 47.1 Å². The number of rotatable bonds is 4. The molecule has 0 aliphatic heterocycles. The van der Waals surface area contributed by atoms with Crippen LogP contribution in [0.4, 0.5) is 0 Å². The van der Waals surface area contributed by atoms with E-state index in [1.807, 2.05) is 6.92 Å². The lowest BCUT2D eigenvalue weighted by Gasteiger charge is -2.02. The van der Waals surface area contributed by atoms with E-state index in [1.54, 1.807) is 0 Å². The Morgan fingerprint density at radius 2 is 1.64 bits per heavy atom. The Hall–Kier alpha value is -1.04. The smallest absolute Gasteiger partial charge is 0.0305 e.